The van der Waals surface area contributed by atoms with Gasteiger partial charge in [-0.1, -0.05) is 51.1 Å². The maximum Gasteiger partial charge on any atom is 0.324 e. The maximum atomic E-state index is 13.3. The van der Waals surface area contributed by atoms with Crippen molar-refractivity contribution < 1.29 is 37.8 Å². The molecule has 2 rings (SSSR count). The van der Waals surface area contributed by atoms with Crippen LogP contribution in [0.15, 0.2) is 30.3 Å². The number of carbonyl (C=O) groups is 3. The first kappa shape index (κ1) is 32.7. The van der Waals surface area contributed by atoms with Crippen LogP contribution in [0.4, 0.5) is 0 Å². The van der Waals surface area contributed by atoms with Gasteiger partial charge in [0.2, 0.25) is 5.91 Å². The molecule has 3 atom stereocenters. The average Bonchev–Trinajstić information content (AvgIpc) is 3.65. The van der Waals surface area contributed by atoms with E-state index in [0.29, 0.717) is 6.42 Å². The molecule has 0 unspecified atom stereocenters. The van der Waals surface area contributed by atoms with Crippen molar-refractivity contribution in [1.29, 1.82) is 0 Å². The van der Waals surface area contributed by atoms with Crippen molar-refractivity contribution in [3.05, 3.63) is 35.9 Å². The van der Waals surface area contributed by atoms with Crippen molar-refractivity contribution >= 4 is 28.1 Å². The van der Waals surface area contributed by atoms with Crippen LogP contribution in [0.5, 0.6) is 0 Å². The van der Waals surface area contributed by atoms with Crippen LogP contribution in [0.1, 0.15) is 59.4 Å². The first-order valence-corrected chi connectivity index (χ1v) is 14.6. The van der Waals surface area contributed by atoms with E-state index >= 15 is 0 Å². The summed E-state index contributed by atoms with van der Waals surface area (Å²) in [5, 5.41) is 23.6. The topological polar surface area (TPSA) is 162 Å². The Bertz CT molecular complexity index is 1100. The van der Waals surface area contributed by atoms with Gasteiger partial charge in [0.1, 0.15) is 5.54 Å². The van der Waals surface area contributed by atoms with Crippen LogP contribution >= 0.6 is 0 Å². The standard InChI is InChI=1S/C27H43N3O8S/c1-18(2)12-15-30(39(36,37)29-27(13-14-27)24(33)34)17-22(31)21(16-20-10-8-7-9-11-20)28-23(32)19(3)26(4,5)25(35)38-6/h7-11,18-19,21-22,29,31H,12-17H2,1-6H3,(H,28,32)(H,33,34)/t19-,21-,22+/m0/s1. The quantitative estimate of drug-likeness (QED) is 0.219. The maximum absolute atomic E-state index is 13.3. The van der Waals surface area contributed by atoms with E-state index in [-0.39, 0.29) is 38.3 Å². The van der Waals surface area contributed by atoms with Gasteiger partial charge >= 0.3 is 11.9 Å². The molecule has 0 radical (unpaired) electrons. The summed E-state index contributed by atoms with van der Waals surface area (Å²) in [7, 11) is -3.03. The number of hydrogen-bond acceptors (Lipinski definition) is 7. The normalized spacial score (nSPS) is 17.4. The predicted molar refractivity (Wildman–Crippen MR) is 146 cm³/mol. The molecule has 4 N–H and O–H groups in total. The molecule has 11 nitrogen and oxygen atoms in total. The second kappa shape index (κ2) is 13.2. The van der Waals surface area contributed by atoms with Gasteiger partial charge in [0.05, 0.1) is 30.6 Å². The molecule has 0 saturated heterocycles. The summed E-state index contributed by atoms with van der Waals surface area (Å²) in [6, 6.07) is 8.21. The summed E-state index contributed by atoms with van der Waals surface area (Å²) in [4.78, 5) is 37.2. The highest BCUT2D eigenvalue weighted by molar-refractivity contribution is 7.87. The number of hydrogen-bond donors (Lipinski definition) is 4. The number of aliphatic carboxylic acids is 1. The molecule has 0 aliphatic heterocycles. The molecule has 220 valence electrons. The van der Waals surface area contributed by atoms with Crippen LogP contribution in [-0.2, 0) is 35.8 Å². The van der Waals surface area contributed by atoms with E-state index in [1.165, 1.54) is 7.11 Å². The van der Waals surface area contributed by atoms with Gasteiger partial charge in [-0.2, -0.15) is 17.4 Å². The lowest BCUT2D eigenvalue weighted by molar-refractivity contribution is -0.157. The average molecular weight is 570 g/mol. The van der Waals surface area contributed by atoms with Crippen LogP contribution in [0.25, 0.3) is 0 Å². The molecule has 1 aliphatic rings. The van der Waals surface area contributed by atoms with E-state index in [4.69, 9.17) is 4.74 Å². The lowest BCUT2D eigenvalue weighted by Crippen LogP contribution is -2.56. The third-order valence-corrected chi connectivity index (χ3v) is 9.11. The Morgan fingerprint density at radius 1 is 1.13 bits per heavy atom. The van der Waals surface area contributed by atoms with Crippen molar-refractivity contribution in [2.24, 2.45) is 17.3 Å². The molecule has 0 heterocycles. The number of amides is 1. The fraction of sp³-hybridized carbons (Fsp3) is 0.667. The summed E-state index contributed by atoms with van der Waals surface area (Å²) in [6.45, 7) is 8.31. The van der Waals surface area contributed by atoms with Gasteiger partial charge in [0.25, 0.3) is 10.2 Å². The number of carboxylic acids is 1. The van der Waals surface area contributed by atoms with E-state index in [1.807, 2.05) is 44.2 Å². The molecule has 1 fully saturated rings. The number of ether oxygens (including phenoxy) is 1. The highest BCUT2D eigenvalue weighted by Crippen LogP contribution is 2.36. The van der Waals surface area contributed by atoms with Crippen molar-refractivity contribution in [2.45, 2.75) is 78.0 Å². The predicted octanol–water partition coefficient (Wildman–Crippen LogP) is 1.71. The number of carboxylic acid groups (broad SMARTS) is 1. The first-order valence-electron chi connectivity index (χ1n) is 13.2. The Morgan fingerprint density at radius 3 is 2.21 bits per heavy atom. The zero-order chi connectivity index (χ0) is 29.6. The lowest BCUT2D eigenvalue weighted by atomic mass is 9.79. The highest BCUT2D eigenvalue weighted by atomic mass is 32.2. The van der Waals surface area contributed by atoms with Crippen LogP contribution in [0, 0.1) is 17.3 Å². The Hall–Kier alpha value is -2.54. The zero-order valence-electron chi connectivity index (χ0n) is 23.6. The van der Waals surface area contributed by atoms with E-state index in [0.717, 1.165) is 9.87 Å². The molecule has 1 amide bonds. The van der Waals surface area contributed by atoms with Gasteiger partial charge in [-0.15, -0.1) is 0 Å². The Balaban J connectivity index is 2.32. The molecular formula is C27H43N3O8S. The minimum atomic E-state index is -4.27. The van der Waals surface area contributed by atoms with E-state index in [1.54, 1.807) is 20.8 Å². The summed E-state index contributed by atoms with van der Waals surface area (Å²) in [5.41, 5.74) is -1.88. The molecule has 0 spiro atoms. The third kappa shape index (κ3) is 8.72. The Morgan fingerprint density at radius 2 is 1.72 bits per heavy atom. The van der Waals surface area contributed by atoms with Crippen LogP contribution in [0.2, 0.25) is 0 Å². The second-order valence-corrected chi connectivity index (χ2v) is 13.0. The molecule has 39 heavy (non-hydrogen) atoms. The third-order valence-electron chi connectivity index (χ3n) is 7.45. The molecule has 0 bridgehead atoms. The molecule has 1 aliphatic carbocycles. The molecular weight excluding hydrogens is 526 g/mol. The number of aliphatic hydroxyl groups is 1. The van der Waals surface area contributed by atoms with Gasteiger partial charge in [0.15, 0.2) is 0 Å². The summed E-state index contributed by atoms with van der Waals surface area (Å²) >= 11 is 0. The van der Waals surface area contributed by atoms with Crippen molar-refractivity contribution in [2.75, 3.05) is 20.2 Å². The molecule has 0 aromatic heterocycles. The number of methoxy groups -OCH3 is 1. The largest absolute Gasteiger partial charge is 0.480 e. The number of benzene rings is 1. The minimum absolute atomic E-state index is 0.0531. The summed E-state index contributed by atoms with van der Waals surface area (Å²) < 4.78 is 34.8. The molecule has 1 aromatic rings. The van der Waals surface area contributed by atoms with Gasteiger partial charge < -0.3 is 20.3 Å². The van der Waals surface area contributed by atoms with E-state index < -0.39 is 57.1 Å². The summed E-state index contributed by atoms with van der Waals surface area (Å²) in [6.07, 6.45) is -0.297. The minimum Gasteiger partial charge on any atom is -0.480 e. The fourth-order valence-corrected chi connectivity index (χ4v) is 5.68. The Kier molecular flexibility index (Phi) is 11.1. The SMILES string of the molecule is COC(=O)C(C)(C)[C@@H](C)C(=O)N[C@@H](Cc1ccccc1)[C@H](O)CN(CCC(C)C)S(=O)(=O)NC1(C(=O)O)CC1. The lowest BCUT2D eigenvalue weighted by Gasteiger charge is -2.33. The number of esters is 1. The van der Waals surface area contributed by atoms with Gasteiger partial charge in [-0.05, 0) is 51.0 Å². The number of rotatable bonds is 16. The van der Waals surface area contributed by atoms with Crippen LogP contribution < -0.4 is 10.0 Å². The van der Waals surface area contributed by atoms with Crippen LogP contribution in [0.3, 0.4) is 0 Å². The molecule has 1 saturated carbocycles. The van der Waals surface area contributed by atoms with Crippen molar-refractivity contribution in [3.8, 4) is 0 Å². The fourth-order valence-electron chi connectivity index (χ4n) is 4.07. The number of aliphatic hydroxyl groups excluding tert-OH is 1. The van der Waals surface area contributed by atoms with Crippen molar-refractivity contribution in [3.63, 3.8) is 0 Å². The number of nitrogens with one attached hydrogen (secondary N) is 2. The number of carbonyl (C=O) groups excluding carboxylic acids is 2. The van der Waals surface area contributed by atoms with Gasteiger partial charge in [0, 0.05) is 13.1 Å². The molecule has 1 aromatic carbocycles. The van der Waals surface area contributed by atoms with Gasteiger partial charge in [-0.3, -0.25) is 14.4 Å². The Labute approximate surface area is 231 Å². The zero-order valence-corrected chi connectivity index (χ0v) is 24.5. The highest BCUT2D eigenvalue weighted by Gasteiger charge is 2.54. The van der Waals surface area contributed by atoms with Gasteiger partial charge in [-0.25, -0.2) is 0 Å². The van der Waals surface area contributed by atoms with E-state index in [9.17, 15) is 33.0 Å². The second-order valence-electron chi connectivity index (χ2n) is 11.3. The monoisotopic (exact) mass is 569 g/mol. The van der Waals surface area contributed by atoms with Crippen LogP contribution in [-0.4, -0.2) is 78.7 Å². The summed E-state index contributed by atoms with van der Waals surface area (Å²) in [5.74, 6) is -2.97. The van der Waals surface area contributed by atoms with E-state index in [2.05, 4.69) is 10.0 Å². The number of nitrogens with zero attached hydrogens (tertiary/aromatic N) is 1. The van der Waals surface area contributed by atoms with Crippen molar-refractivity contribution in [1.82, 2.24) is 14.3 Å². The smallest absolute Gasteiger partial charge is 0.324 e. The first-order chi connectivity index (χ1) is 18.1. The molecule has 12 heteroatoms.